The number of hydrogen-bond donors (Lipinski definition) is 3. The Labute approximate surface area is 91.9 Å². The maximum Gasteiger partial charge on any atom is 0.323 e. The van der Waals surface area contributed by atoms with Crippen LogP contribution in [0.25, 0.3) is 0 Å². The van der Waals surface area contributed by atoms with Crippen LogP contribution >= 0.6 is 11.8 Å². The van der Waals surface area contributed by atoms with E-state index in [1.807, 2.05) is 0 Å². The van der Waals surface area contributed by atoms with Gasteiger partial charge in [0.2, 0.25) is 0 Å². The third-order valence-corrected chi connectivity index (χ3v) is 3.14. The van der Waals surface area contributed by atoms with Gasteiger partial charge < -0.3 is 10.4 Å². The number of hydrogen-bond acceptors (Lipinski definition) is 5. The second kappa shape index (κ2) is 5.13. The first-order valence-corrected chi connectivity index (χ1v) is 5.47. The van der Waals surface area contributed by atoms with Gasteiger partial charge in [0.15, 0.2) is 5.16 Å². The van der Waals surface area contributed by atoms with Gasteiger partial charge in [0.1, 0.15) is 11.9 Å². The zero-order valence-electron chi connectivity index (χ0n) is 8.65. The van der Waals surface area contributed by atoms with Crippen LogP contribution in [0.15, 0.2) is 11.5 Å². The number of nitrogens with zero attached hydrogens (tertiary/aromatic N) is 2. The van der Waals surface area contributed by atoms with E-state index in [9.17, 15) is 4.79 Å². The monoisotopic (exact) mass is 230 g/mol. The van der Waals surface area contributed by atoms with E-state index < -0.39 is 11.5 Å². The highest BCUT2D eigenvalue weighted by Crippen LogP contribution is 2.18. The molecule has 0 aliphatic heterocycles. The molecule has 7 heteroatoms. The van der Waals surface area contributed by atoms with E-state index in [2.05, 4.69) is 20.5 Å². The van der Waals surface area contributed by atoms with Crippen molar-refractivity contribution in [1.82, 2.24) is 20.5 Å². The van der Waals surface area contributed by atoms with Crippen LogP contribution in [0, 0.1) is 0 Å². The van der Waals surface area contributed by atoms with Crippen molar-refractivity contribution in [3.8, 4) is 0 Å². The fourth-order valence-corrected chi connectivity index (χ4v) is 1.90. The average Bonchev–Trinajstić information content (AvgIpc) is 2.70. The number of aromatic amines is 1. The minimum absolute atomic E-state index is 0.518. The summed E-state index contributed by atoms with van der Waals surface area (Å²) in [5.41, 5.74) is -0.882. The van der Waals surface area contributed by atoms with E-state index in [1.54, 1.807) is 14.0 Å². The summed E-state index contributed by atoms with van der Waals surface area (Å²) in [5.74, 6) is -0.179. The van der Waals surface area contributed by atoms with Crippen LogP contribution in [-0.2, 0) is 4.79 Å². The Balaban J connectivity index is 2.38. The van der Waals surface area contributed by atoms with E-state index in [0.29, 0.717) is 17.3 Å². The second-order valence-electron chi connectivity index (χ2n) is 3.28. The summed E-state index contributed by atoms with van der Waals surface area (Å²) in [6.45, 7) is 1.66. The highest BCUT2D eigenvalue weighted by Gasteiger charge is 2.30. The molecule has 0 bridgehead atoms. The summed E-state index contributed by atoms with van der Waals surface area (Å²) >= 11 is 1.45. The summed E-state index contributed by atoms with van der Waals surface area (Å²) in [6.07, 6.45) is 1.95. The molecule has 1 unspecified atom stereocenters. The van der Waals surface area contributed by atoms with Gasteiger partial charge in [-0.2, -0.15) is 5.10 Å². The van der Waals surface area contributed by atoms with Crippen LogP contribution < -0.4 is 5.32 Å². The van der Waals surface area contributed by atoms with Gasteiger partial charge in [0.25, 0.3) is 0 Å². The lowest BCUT2D eigenvalue weighted by Crippen LogP contribution is -2.47. The molecule has 1 aromatic heterocycles. The van der Waals surface area contributed by atoms with Crippen molar-refractivity contribution >= 4 is 17.7 Å². The van der Waals surface area contributed by atoms with E-state index in [1.165, 1.54) is 18.1 Å². The van der Waals surface area contributed by atoms with Crippen LogP contribution in [0.5, 0.6) is 0 Å². The molecule has 0 aliphatic carbocycles. The molecule has 6 nitrogen and oxygen atoms in total. The number of H-pyrrole nitrogens is 1. The highest BCUT2D eigenvalue weighted by atomic mass is 32.2. The third-order valence-electron chi connectivity index (χ3n) is 2.26. The molecule has 0 saturated heterocycles. The number of aromatic nitrogens is 3. The molecule has 0 amide bonds. The van der Waals surface area contributed by atoms with Crippen molar-refractivity contribution in [2.24, 2.45) is 0 Å². The van der Waals surface area contributed by atoms with Gasteiger partial charge in [-0.15, -0.1) is 0 Å². The standard InChI is InChI=1S/C8H14N4O2S/c1-8(9-2,6(13)14)3-4-15-7-10-5-11-12-7/h5,9H,3-4H2,1-2H3,(H,13,14)(H,10,11,12). The topological polar surface area (TPSA) is 90.9 Å². The molecule has 1 heterocycles. The zero-order valence-corrected chi connectivity index (χ0v) is 9.47. The molecule has 0 spiro atoms. The number of thioether (sulfide) groups is 1. The fraction of sp³-hybridized carbons (Fsp3) is 0.625. The SMILES string of the molecule is CNC(C)(CCSc1ncn[nH]1)C(=O)O. The summed E-state index contributed by atoms with van der Waals surface area (Å²) in [5, 5.41) is 18.9. The number of carboxylic acid groups (broad SMARTS) is 1. The van der Waals surface area contributed by atoms with Gasteiger partial charge in [-0.05, 0) is 20.4 Å². The summed E-state index contributed by atoms with van der Waals surface area (Å²) in [4.78, 5) is 14.9. The van der Waals surface area contributed by atoms with Crippen molar-refractivity contribution in [1.29, 1.82) is 0 Å². The van der Waals surface area contributed by atoms with Gasteiger partial charge in [0, 0.05) is 5.75 Å². The van der Waals surface area contributed by atoms with Crippen LogP contribution in [0.2, 0.25) is 0 Å². The van der Waals surface area contributed by atoms with E-state index in [0.717, 1.165) is 0 Å². The third kappa shape index (κ3) is 3.21. The highest BCUT2D eigenvalue weighted by molar-refractivity contribution is 7.99. The molecule has 0 saturated carbocycles. The van der Waals surface area contributed by atoms with Crippen molar-refractivity contribution < 1.29 is 9.90 Å². The average molecular weight is 230 g/mol. The maximum atomic E-state index is 10.9. The Kier molecular flexibility index (Phi) is 4.10. The molecule has 84 valence electrons. The summed E-state index contributed by atoms with van der Waals surface area (Å²) in [7, 11) is 1.65. The van der Waals surface area contributed by atoms with E-state index in [-0.39, 0.29) is 0 Å². The van der Waals surface area contributed by atoms with Gasteiger partial charge in [-0.3, -0.25) is 9.89 Å². The number of carboxylic acids is 1. The molecule has 1 atom stereocenters. The first-order chi connectivity index (χ1) is 7.08. The predicted octanol–water partition coefficient (Wildman–Crippen LogP) is 0.350. The van der Waals surface area contributed by atoms with E-state index in [4.69, 9.17) is 5.11 Å². The molecular weight excluding hydrogens is 216 g/mol. The number of nitrogens with one attached hydrogen (secondary N) is 2. The fourth-order valence-electron chi connectivity index (χ4n) is 0.954. The second-order valence-corrected chi connectivity index (χ2v) is 4.36. The number of rotatable bonds is 6. The summed E-state index contributed by atoms with van der Waals surface area (Å²) in [6, 6.07) is 0. The molecule has 0 fully saturated rings. The minimum Gasteiger partial charge on any atom is -0.480 e. The van der Waals surface area contributed by atoms with E-state index >= 15 is 0 Å². The van der Waals surface area contributed by atoms with Crippen LogP contribution in [0.4, 0.5) is 0 Å². The molecule has 15 heavy (non-hydrogen) atoms. The molecule has 0 radical (unpaired) electrons. The number of carbonyl (C=O) groups is 1. The van der Waals surface area contributed by atoms with Crippen LogP contribution in [0.1, 0.15) is 13.3 Å². The smallest absolute Gasteiger partial charge is 0.323 e. The van der Waals surface area contributed by atoms with Crippen molar-refractivity contribution in [3.05, 3.63) is 6.33 Å². The lowest BCUT2D eigenvalue weighted by Gasteiger charge is -2.23. The quantitative estimate of drug-likeness (QED) is 0.611. The van der Waals surface area contributed by atoms with Crippen molar-refractivity contribution in [2.75, 3.05) is 12.8 Å². The predicted molar refractivity (Wildman–Crippen MR) is 56.8 cm³/mol. The Morgan fingerprint density at radius 1 is 1.80 bits per heavy atom. The lowest BCUT2D eigenvalue weighted by atomic mass is 10.00. The summed E-state index contributed by atoms with van der Waals surface area (Å²) < 4.78 is 0. The Morgan fingerprint density at radius 3 is 3.00 bits per heavy atom. The largest absolute Gasteiger partial charge is 0.480 e. The van der Waals surface area contributed by atoms with Gasteiger partial charge in [-0.1, -0.05) is 11.8 Å². The Morgan fingerprint density at radius 2 is 2.53 bits per heavy atom. The molecule has 0 aliphatic rings. The minimum atomic E-state index is -0.882. The van der Waals surface area contributed by atoms with Crippen molar-refractivity contribution in [2.45, 2.75) is 24.0 Å². The normalized spacial score (nSPS) is 14.8. The first kappa shape index (κ1) is 12.0. The number of likely N-dealkylation sites (N-methyl/N-ethyl adjacent to an activating group) is 1. The maximum absolute atomic E-state index is 10.9. The van der Waals surface area contributed by atoms with Gasteiger partial charge in [-0.25, -0.2) is 4.98 Å². The van der Waals surface area contributed by atoms with Gasteiger partial charge >= 0.3 is 5.97 Å². The van der Waals surface area contributed by atoms with Crippen molar-refractivity contribution in [3.63, 3.8) is 0 Å². The number of aliphatic carboxylic acids is 1. The zero-order chi connectivity index (χ0) is 11.3. The first-order valence-electron chi connectivity index (χ1n) is 4.49. The van der Waals surface area contributed by atoms with Crippen LogP contribution in [-0.4, -0.2) is 44.6 Å². The molecule has 3 N–H and O–H groups in total. The molecule has 1 rings (SSSR count). The molecular formula is C8H14N4O2S. The Hall–Kier alpha value is -1.08. The van der Waals surface area contributed by atoms with Crippen LogP contribution in [0.3, 0.4) is 0 Å². The Bertz CT molecular complexity index is 316. The molecule has 1 aromatic rings. The van der Waals surface area contributed by atoms with Gasteiger partial charge in [0.05, 0.1) is 0 Å². The molecule has 0 aromatic carbocycles. The lowest BCUT2D eigenvalue weighted by molar-refractivity contribution is -0.144.